The number of alkyl halides is 3. The highest BCUT2D eigenvalue weighted by Crippen LogP contribution is 2.38. The average molecular weight is 364 g/mol. The van der Waals surface area contributed by atoms with Gasteiger partial charge in [-0.2, -0.15) is 0 Å². The van der Waals surface area contributed by atoms with Gasteiger partial charge in [0.25, 0.3) is 0 Å². The first-order valence-corrected chi connectivity index (χ1v) is 8.13. The molecule has 0 spiro atoms. The summed E-state index contributed by atoms with van der Waals surface area (Å²) in [7, 11) is 1.82. The van der Waals surface area contributed by atoms with E-state index < -0.39 is 6.36 Å². The molecule has 0 aromatic heterocycles. The van der Waals surface area contributed by atoms with Crippen molar-refractivity contribution in [1.29, 1.82) is 0 Å². The molecule has 1 heterocycles. The van der Waals surface area contributed by atoms with Gasteiger partial charge in [-0.25, -0.2) is 0 Å². The monoisotopic (exact) mass is 364 g/mol. The number of anilines is 1. The van der Waals surface area contributed by atoms with E-state index in [1.165, 1.54) is 12.1 Å². The topological polar surface area (TPSA) is 53.5 Å². The molecule has 138 valence electrons. The second kappa shape index (κ2) is 7.39. The number of halogens is 3. The minimum Gasteiger partial charge on any atom is -0.406 e. The van der Waals surface area contributed by atoms with E-state index in [4.69, 9.17) is 0 Å². The highest BCUT2D eigenvalue weighted by Gasteiger charge is 2.31. The zero-order chi connectivity index (χ0) is 18.7. The lowest BCUT2D eigenvalue weighted by atomic mass is 9.90. The molecule has 3 N–H and O–H groups in total. The molecule has 0 aliphatic carbocycles. The lowest BCUT2D eigenvalue weighted by Crippen LogP contribution is -2.17. The SMILES string of the molecule is CNCc1cc(-c2ccc(OC(F)(F)F)cc2)c2c(c1CO)C=CCN2. The molecule has 0 fully saturated rings. The zero-order valence-corrected chi connectivity index (χ0v) is 14.2. The fraction of sp³-hybridized carbons (Fsp3) is 0.263. The maximum Gasteiger partial charge on any atom is 0.573 e. The van der Waals surface area contributed by atoms with E-state index in [0.717, 1.165) is 33.5 Å². The van der Waals surface area contributed by atoms with Crippen LogP contribution in [0.15, 0.2) is 36.4 Å². The van der Waals surface area contributed by atoms with Gasteiger partial charge in [-0.05, 0) is 41.9 Å². The molecule has 0 saturated carbocycles. The summed E-state index contributed by atoms with van der Waals surface area (Å²) in [4.78, 5) is 0. The van der Waals surface area contributed by atoms with Gasteiger partial charge >= 0.3 is 6.36 Å². The van der Waals surface area contributed by atoms with Crippen LogP contribution in [-0.2, 0) is 13.2 Å². The van der Waals surface area contributed by atoms with Crippen molar-refractivity contribution in [3.8, 4) is 16.9 Å². The van der Waals surface area contributed by atoms with Crippen molar-refractivity contribution in [3.05, 3.63) is 53.1 Å². The molecule has 0 radical (unpaired) electrons. The molecule has 2 aromatic carbocycles. The maximum absolute atomic E-state index is 12.3. The molecule has 1 aliphatic rings. The normalized spacial score (nSPS) is 13.3. The minimum atomic E-state index is -4.71. The number of aliphatic hydroxyl groups is 1. The first-order chi connectivity index (χ1) is 12.4. The molecule has 0 saturated heterocycles. The van der Waals surface area contributed by atoms with Crippen LogP contribution in [0.1, 0.15) is 16.7 Å². The third kappa shape index (κ3) is 3.84. The van der Waals surface area contributed by atoms with Gasteiger partial charge in [0.15, 0.2) is 0 Å². The van der Waals surface area contributed by atoms with Crippen molar-refractivity contribution < 1.29 is 23.0 Å². The Morgan fingerprint density at radius 2 is 1.96 bits per heavy atom. The number of hydrogen-bond acceptors (Lipinski definition) is 4. The number of hydrogen-bond donors (Lipinski definition) is 3. The summed E-state index contributed by atoms with van der Waals surface area (Å²) in [6.45, 7) is 1.12. The smallest absolute Gasteiger partial charge is 0.406 e. The van der Waals surface area contributed by atoms with Gasteiger partial charge in [0.1, 0.15) is 5.75 Å². The molecule has 26 heavy (non-hydrogen) atoms. The van der Waals surface area contributed by atoms with Crippen LogP contribution in [0, 0.1) is 0 Å². The van der Waals surface area contributed by atoms with E-state index in [2.05, 4.69) is 15.4 Å². The van der Waals surface area contributed by atoms with Gasteiger partial charge in [0.2, 0.25) is 0 Å². The van der Waals surface area contributed by atoms with Gasteiger partial charge in [-0.1, -0.05) is 24.3 Å². The Bertz CT molecular complexity index is 815. The molecular weight excluding hydrogens is 345 g/mol. The first-order valence-electron chi connectivity index (χ1n) is 8.13. The Labute approximate surface area is 149 Å². The first kappa shape index (κ1) is 18.3. The zero-order valence-electron chi connectivity index (χ0n) is 14.2. The van der Waals surface area contributed by atoms with Gasteiger partial charge in [-0.15, -0.1) is 13.2 Å². The summed E-state index contributed by atoms with van der Waals surface area (Å²) in [6.07, 6.45) is -0.786. The van der Waals surface area contributed by atoms with Gasteiger partial charge in [0, 0.05) is 29.9 Å². The molecule has 0 atom stereocenters. The highest BCUT2D eigenvalue weighted by molar-refractivity contribution is 5.88. The second-order valence-corrected chi connectivity index (χ2v) is 5.89. The van der Waals surface area contributed by atoms with Crippen LogP contribution < -0.4 is 15.4 Å². The summed E-state index contributed by atoms with van der Waals surface area (Å²) in [6, 6.07) is 7.74. The van der Waals surface area contributed by atoms with Gasteiger partial charge in [0.05, 0.1) is 6.61 Å². The van der Waals surface area contributed by atoms with Crippen LogP contribution in [-0.4, -0.2) is 25.1 Å². The van der Waals surface area contributed by atoms with Crippen molar-refractivity contribution in [2.24, 2.45) is 0 Å². The van der Waals surface area contributed by atoms with Crippen LogP contribution in [0.4, 0.5) is 18.9 Å². The quantitative estimate of drug-likeness (QED) is 0.753. The minimum absolute atomic E-state index is 0.0932. The van der Waals surface area contributed by atoms with Crippen molar-refractivity contribution in [3.63, 3.8) is 0 Å². The molecule has 7 heteroatoms. The van der Waals surface area contributed by atoms with E-state index in [0.29, 0.717) is 13.1 Å². The highest BCUT2D eigenvalue weighted by atomic mass is 19.4. The van der Waals surface area contributed by atoms with Gasteiger partial charge < -0.3 is 20.5 Å². The van der Waals surface area contributed by atoms with Crippen molar-refractivity contribution >= 4 is 11.8 Å². The van der Waals surface area contributed by atoms with Crippen LogP contribution >= 0.6 is 0 Å². The fourth-order valence-electron chi connectivity index (χ4n) is 3.11. The Hall–Kier alpha value is -2.51. The number of ether oxygens (including phenoxy) is 1. The lowest BCUT2D eigenvalue weighted by molar-refractivity contribution is -0.274. The van der Waals surface area contributed by atoms with Crippen LogP contribution in [0.5, 0.6) is 5.75 Å². The Kier molecular flexibility index (Phi) is 5.20. The molecular formula is C19H19F3N2O2. The molecule has 2 aromatic rings. The van der Waals surface area contributed by atoms with Gasteiger partial charge in [-0.3, -0.25) is 0 Å². The maximum atomic E-state index is 12.3. The van der Waals surface area contributed by atoms with Crippen molar-refractivity contribution in [2.75, 3.05) is 18.9 Å². The third-order valence-electron chi connectivity index (χ3n) is 4.18. The lowest BCUT2D eigenvalue weighted by Gasteiger charge is -2.23. The van der Waals surface area contributed by atoms with E-state index >= 15 is 0 Å². The number of fused-ring (bicyclic) bond motifs is 1. The Morgan fingerprint density at radius 1 is 1.23 bits per heavy atom. The second-order valence-electron chi connectivity index (χ2n) is 5.89. The van der Waals surface area contributed by atoms with E-state index in [9.17, 15) is 18.3 Å². The van der Waals surface area contributed by atoms with Crippen LogP contribution in [0.3, 0.4) is 0 Å². The molecule has 0 amide bonds. The predicted octanol–water partition coefficient (Wildman–Crippen LogP) is 3.90. The van der Waals surface area contributed by atoms with Crippen LogP contribution in [0.25, 0.3) is 17.2 Å². The molecule has 1 aliphatic heterocycles. The summed E-state index contributed by atoms with van der Waals surface area (Å²) >= 11 is 0. The Morgan fingerprint density at radius 3 is 2.58 bits per heavy atom. The molecule has 3 rings (SSSR count). The number of benzene rings is 2. The van der Waals surface area contributed by atoms with Crippen molar-refractivity contribution in [2.45, 2.75) is 19.5 Å². The van der Waals surface area contributed by atoms with E-state index in [-0.39, 0.29) is 12.4 Å². The van der Waals surface area contributed by atoms with E-state index in [1.807, 2.05) is 25.3 Å². The summed E-state index contributed by atoms with van der Waals surface area (Å²) in [5, 5.41) is 16.2. The molecule has 4 nitrogen and oxygen atoms in total. The Balaban J connectivity index is 2.07. The van der Waals surface area contributed by atoms with Crippen LogP contribution in [0.2, 0.25) is 0 Å². The number of rotatable bonds is 5. The molecule has 0 unspecified atom stereocenters. The predicted molar refractivity (Wildman–Crippen MR) is 94.8 cm³/mol. The summed E-state index contributed by atoms with van der Waals surface area (Å²) < 4.78 is 41.0. The summed E-state index contributed by atoms with van der Waals surface area (Å²) in [5.41, 5.74) is 5.16. The third-order valence-corrected chi connectivity index (χ3v) is 4.18. The van der Waals surface area contributed by atoms with Crippen molar-refractivity contribution in [1.82, 2.24) is 5.32 Å². The average Bonchev–Trinajstić information content (AvgIpc) is 2.61. The standard InChI is InChI=1S/C19H19F3N2O2/c1-23-10-13-9-16(18-15(17(13)11-25)3-2-8-24-18)12-4-6-14(7-5-12)26-19(20,21)22/h2-7,9,23-25H,8,10-11H2,1H3. The molecule has 0 bridgehead atoms. The number of nitrogens with one attached hydrogen (secondary N) is 2. The number of aliphatic hydroxyl groups excluding tert-OH is 1. The fourth-order valence-corrected chi connectivity index (χ4v) is 3.11. The summed E-state index contributed by atoms with van der Waals surface area (Å²) in [5.74, 6) is -0.259. The van der Waals surface area contributed by atoms with E-state index in [1.54, 1.807) is 12.1 Å². The largest absolute Gasteiger partial charge is 0.573 e.